The standard InChI is InChI=1S/C18H19NO2S2/c1-2-3-4-5-7-13-10-15(11-14(12-19)18(20)21)23-17(13)16-8-6-9-22-16/h6,8-11H,2-5,7H2,1H3,(H,20,21)/b14-11-. The molecule has 0 spiro atoms. The molecule has 0 aliphatic rings. The first-order valence-corrected chi connectivity index (χ1v) is 9.37. The number of hydrogen-bond donors (Lipinski definition) is 1. The molecule has 120 valence electrons. The molecule has 0 saturated heterocycles. The number of nitrogens with zero attached hydrogens (tertiary/aromatic N) is 1. The van der Waals surface area contributed by atoms with Crippen LogP contribution in [0.15, 0.2) is 29.2 Å². The maximum atomic E-state index is 11.0. The van der Waals surface area contributed by atoms with Crippen LogP contribution < -0.4 is 0 Å². The van der Waals surface area contributed by atoms with Crippen molar-refractivity contribution in [2.75, 3.05) is 0 Å². The van der Waals surface area contributed by atoms with Crippen molar-refractivity contribution in [1.29, 1.82) is 5.26 Å². The second-order valence-corrected chi connectivity index (χ2v) is 7.30. The Labute approximate surface area is 144 Å². The summed E-state index contributed by atoms with van der Waals surface area (Å²) in [5.41, 5.74) is 1.03. The normalized spacial score (nSPS) is 11.4. The highest BCUT2D eigenvalue weighted by Gasteiger charge is 2.13. The molecular formula is C18H19NO2S2. The van der Waals surface area contributed by atoms with Gasteiger partial charge in [-0.2, -0.15) is 5.26 Å². The third kappa shape index (κ3) is 4.78. The van der Waals surface area contributed by atoms with Crippen LogP contribution in [0.3, 0.4) is 0 Å². The molecule has 0 unspecified atom stereocenters. The van der Waals surface area contributed by atoms with E-state index < -0.39 is 5.97 Å². The van der Waals surface area contributed by atoms with E-state index in [4.69, 9.17) is 10.4 Å². The van der Waals surface area contributed by atoms with Crippen molar-refractivity contribution in [3.8, 4) is 15.8 Å². The van der Waals surface area contributed by atoms with Gasteiger partial charge in [0, 0.05) is 14.6 Å². The van der Waals surface area contributed by atoms with Crippen molar-refractivity contribution >= 4 is 34.7 Å². The number of aliphatic carboxylic acids is 1. The van der Waals surface area contributed by atoms with E-state index in [1.54, 1.807) is 28.7 Å². The van der Waals surface area contributed by atoms with E-state index in [-0.39, 0.29) is 5.57 Å². The highest BCUT2D eigenvalue weighted by atomic mass is 32.1. The van der Waals surface area contributed by atoms with Crippen molar-refractivity contribution < 1.29 is 9.90 Å². The average molecular weight is 345 g/mol. The lowest BCUT2D eigenvalue weighted by Gasteiger charge is -2.01. The smallest absolute Gasteiger partial charge is 0.346 e. The summed E-state index contributed by atoms with van der Waals surface area (Å²) in [5.74, 6) is -1.18. The van der Waals surface area contributed by atoms with Crippen LogP contribution in [0.1, 0.15) is 43.0 Å². The number of thiophene rings is 2. The molecule has 0 bridgehead atoms. The first kappa shape index (κ1) is 17.5. The quantitative estimate of drug-likeness (QED) is 0.385. The number of rotatable bonds is 8. The molecular weight excluding hydrogens is 326 g/mol. The number of hydrogen-bond acceptors (Lipinski definition) is 4. The lowest BCUT2D eigenvalue weighted by Crippen LogP contribution is -1.96. The predicted octanol–water partition coefficient (Wildman–Crippen LogP) is 5.59. The van der Waals surface area contributed by atoms with E-state index in [0.29, 0.717) is 0 Å². The van der Waals surface area contributed by atoms with Crippen molar-refractivity contribution in [3.05, 3.63) is 39.6 Å². The van der Waals surface area contributed by atoms with E-state index in [9.17, 15) is 4.79 Å². The number of carbonyl (C=O) groups is 1. The second kappa shape index (κ2) is 8.66. The molecule has 0 radical (unpaired) electrons. The van der Waals surface area contributed by atoms with Gasteiger partial charge in [-0.3, -0.25) is 0 Å². The Bertz CT molecular complexity index is 721. The fraction of sp³-hybridized carbons (Fsp3) is 0.333. The fourth-order valence-electron chi connectivity index (χ4n) is 2.35. The van der Waals surface area contributed by atoms with Crippen molar-refractivity contribution in [3.63, 3.8) is 0 Å². The van der Waals surface area contributed by atoms with Gasteiger partial charge in [0.05, 0.1) is 0 Å². The summed E-state index contributed by atoms with van der Waals surface area (Å²) in [6, 6.07) is 7.89. The van der Waals surface area contributed by atoms with Crippen molar-refractivity contribution in [1.82, 2.24) is 0 Å². The van der Waals surface area contributed by atoms with Gasteiger partial charge in [0.25, 0.3) is 0 Å². The second-order valence-electron chi connectivity index (χ2n) is 5.27. The highest BCUT2D eigenvalue weighted by Crippen LogP contribution is 2.37. The van der Waals surface area contributed by atoms with Crippen LogP contribution in [0.2, 0.25) is 0 Å². The molecule has 2 aromatic heterocycles. The van der Waals surface area contributed by atoms with Gasteiger partial charge in [-0.1, -0.05) is 32.3 Å². The molecule has 0 atom stereocenters. The molecule has 0 saturated carbocycles. The summed E-state index contributed by atoms with van der Waals surface area (Å²) in [7, 11) is 0. The van der Waals surface area contributed by atoms with E-state index in [0.717, 1.165) is 17.7 Å². The van der Waals surface area contributed by atoms with E-state index in [1.807, 2.05) is 17.5 Å². The van der Waals surface area contributed by atoms with Gasteiger partial charge in [-0.05, 0) is 42.0 Å². The summed E-state index contributed by atoms with van der Waals surface area (Å²) in [4.78, 5) is 14.2. The van der Waals surface area contributed by atoms with Crippen LogP contribution in [0, 0.1) is 11.3 Å². The summed E-state index contributed by atoms with van der Waals surface area (Å²) in [6.07, 6.45) is 7.25. The lowest BCUT2D eigenvalue weighted by molar-refractivity contribution is -0.132. The Hall–Kier alpha value is -1.90. The van der Waals surface area contributed by atoms with Gasteiger partial charge in [0.15, 0.2) is 0 Å². The first-order chi connectivity index (χ1) is 11.2. The number of unbranched alkanes of at least 4 members (excludes halogenated alkanes) is 3. The molecule has 0 aromatic carbocycles. The van der Waals surface area contributed by atoms with E-state index in [1.165, 1.54) is 40.7 Å². The molecule has 2 rings (SSSR count). The predicted molar refractivity (Wildman–Crippen MR) is 96.7 cm³/mol. The molecule has 1 N–H and O–H groups in total. The van der Waals surface area contributed by atoms with Crippen LogP contribution in [0.25, 0.3) is 15.8 Å². The SMILES string of the molecule is CCCCCCc1cc(/C=C(/C#N)C(=O)O)sc1-c1cccs1. The van der Waals surface area contributed by atoms with Crippen LogP contribution in [-0.4, -0.2) is 11.1 Å². The Kier molecular flexibility index (Phi) is 6.57. The molecule has 5 heteroatoms. The lowest BCUT2D eigenvalue weighted by atomic mass is 10.1. The minimum atomic E-state index is -1.18. The molecule has 2 aromatic rings. The maximum absolute atomic E-state index is 11.0. The molecule has 2 heterocycles. The Morgan fingerprint density at radius 3 is 2.83 bits per heavy atom. The molecule has 0 fully saturated rings. The van der Waals surface area contributed by atoms with Crippen LogP contribution in [0.4, 0.5) is 0 Å². The Balaban J connectivity index is 2.29. The van der Waals surface area contributed by atoms with Crippen molar-refractivity contribution in [2.45, 2.75) is 39.0 Å². The highest BCUT2D eigenvalue weighted by molar-refractivity contribution is 7.22. The molecule has 0 aliphatic heterocycles. The zero-order valence-electron chi connectivity index (χ0n) is 13.0. The zero-order chi connectivity index (χ0) is 16.7. The Morgan fingerprint density at radius 1 is 1.39 bits per heavy atom. The van der Waals surface area contributed by atoms with Crippen LogP contribution in [-0.2, 0) is 11.2 Å². The first-order valence-electron chi connectivity index (χ1n) is 7.67. The number of carboxylic acids is 1. The maximum Gasteiger partial charge on any atom is 0.346 e. The molecule has 3 nitrogen and oxygen atoms in total. The number of nitriles is 1. The van der Waals surface area contributed by atoms with Gasteiger partial charge in [0.1, 0.15) is 11.6 Å². The third-order valence-electron chi connectivity index (χ3n) is 3.51. The number of carboxylic acid groups (broad SMARTS) is 1. The fourth-order valence-corrected chi connectivity index (χ4v) is 4.39. The summed E-state index contributed by atoms with van der Waals surface area (Å²) < 4.78 is 0. The van der Waals surface area contributed by atoms with Gasteiger partial charge in [-0.15, -0.1) is 22.7 Å². The average Bonchev–Trinajstić information content (AvgIpc) is 3.18. The summed E-state index contributed by atoms with van der Waals surface area (Å²) >= 11 is 3.25. The van der Waals surface area contributed by atoms with Gasteiger partial charge >= 0.3 is 5.97 Å². The van der Waals surface area contributed by atoms with Gasteiger partial charge in [0.2, 0.25) is 0 Å². The van der Waals surface area contributed by atoms with Gasteiger partial charge in [-0.25, -0.2) is 4.79 Å². The minimum absolute atomic E-state index is 0.221. The van der Waals surface area contributed by atoms with Crippen LogP contribution >= 0.6 is 22.7 Å². The van der Waals surface area contributed by atoms with E-state index >= 15 is 0 Å². The Morgan fingerprint density at radius 2 is 2.22 bits per heavy atom. The molecule has 0 aliphatic carbocycles. The van der Waals surface area contributed by atoms with E-state index in [2.05, 4.69) is 13.0 Å². The molecule has 0 amide bonds. The topological polar surface area (TPSA) is 61.1 Å². The third-order valence-corrected chi connectivity index (χ3v) is 5.68. The molecule has 23 heavy (non-hydrogen) atoms. The zero-order valence-corrected chi connectivity index (χ0v) is 14.7. The summed E-state index contributed by atoms with van der Waals surface area (Å²) in [5, 5.41) is 20.0. The monoisotopic (exact) mass is 345 g/mol. The van der Waals surface area contributed by atoms with Gasteiger partial charge < -0.3 is 5.11 Å². The largest absolute Gasteiger partial charge is 0.477 e. The van der Waals surface area contributed by atoms with Crippen molar-refractivity contribution in [2.24, 2.45) is 0 Å². The minimum Gasteiger partial charge on any atom is -0.477 e. The summed E-state index contributed by atoms with van der Waals surface area (Å²) in [6.45, 7) is 2.19. The van der Waals surface area contributed by atoms with Crippen LogP contribution in [0.5, 0.6) is 0 Å². The number of aryl methyl sites for hydroxylation is 1.